The maximum Gasteiger partial charge on any atom is 0.138 e. The molecule has 5 heteroatoms. The van der Waals surface area contributed by atoms with Crippen LogP contribution >= 0.6 is 0 Å². The Morgan fingerprint density at radius 1 is 1.20 bits per heavy atom. The van der Waals surface area contributed by atoms with E-state index in [1.807, 2.05) is 0 Å². The molecule has 0 spiro atoms. The smallest absolute Gasteiger partial charge is 0.138 e. The van der Waals surface area contributed by atoms with Gasteiger partial charge in [-0.3, -0.25) is 4.79 Å². The zero-order chi connectivity index (χ0) is 21.7. The maximum atomic E-state index is 12.9. The second kappa shape index (κ2) is 10.3. The van der Waals surface area contributed by atoms with E-state index in [1.54, 1.807) is 0 Å². The average Bonchev–Trinajstić information content (AvgIpc) is 3.43. The number of rotatable bonds is 12. The lowest BCUT2D eigenvalue weighted by molar-refractivity contribution is -0.118. The van der Waals surface area contributed by atoms with Gasteiger partial charge in [-0.15, -0.1) is 10.2 Å². The molecule has 1 aromatic heterocycles. The zero-order valence-corrected chi connectivity index (χ0v) is 19.0. The standard InChI is InChI=1S/C25H37N3O2/c1-17(2)6-5-7-24-26-27-25(28(24)22-10-11-22)21(12-13-29)16-23(30)15-20-9-8-18(3)14-19(20)4/h8-9,14,17,21-22,29H,5-7,10-13,15-16H2,1-4H3/t21-/m0/s1. The van der Waals surface area contributed by atoms with E-state index in [4.69, 9.17) is 0 Å². The molecule has 1 fully saturated rings. The van der Waals surface area contributed by atoms with Crippen molar-refractivity contribution in [3.63, 3.8) is 0 Å². The lowest BCUT2D eigenvalue weighted by Crippen LogP contribution is -2.17. The van der Waals surface area contributed by atoms with Gasteiger partial charge in [-0.05, 0) is 56.6 Å². The molecule has 0 bridgehead atoms. The molecule has 0 amide bonds. The Labute approximate surface area is 180 Å². The summed E-state index contributed by atoms with van der Waals surface area (Å²) in [5, 5.41) is 18.7. The van der Waals surface area contributed by atoms with Crippen LogP contribution < -0.4 is 0 Å². The fourth-order valence-corrected chi connectivity index (χ4v) is 4.27. The summed E-state index contributed by atoms with van der Waals surface area (Å²) >= 11 is 0. The zero-order valence-electron chi connectivity index (χ0n) is 19.0. The van der Waals surface area contributed by atoms with Gasteiger partial charge in [0.25, 0.3) is 0 Å². The minimum Gasteiger partial charge on any atom is -0.396 e. The van der Waals surface area contributed by atoms with Gasteiger partial charge in [-0.25, -0.2) is 0 Å². The van der Waals surface area contributed by atoms with Crippen LogP contribution in [0.5, 0.6) is 0 Å². The fourth-order valence-electron chi connectivity index (χ4n) is 4.27. The Morgan fingerprint density at radius 2 is 1.97 bits per heavy atom. The monoisotopic (exact) mass is 411 g/mol. The van der Waals surface area contributed by atoms with Crippen LogP contribution in [0.1, 0.15) is 92.7 Å². The molecule has 1 aliphatic rings. The highest BCUT2D eigenvalue weighted by molar-refractivity contribution is 5.82. The molecule has 2 aromatic rings. The van der Waals surface area contributed by atoms with Crippen LogP contribution in [-0.4, -0.2) is 32.3 Å². The van der Waals surface area contributed by atoms with E-state index in [2.05, 4.69) is 60.7 Å². The highest BCUT2D eigenvalue weighted by Gasteiger charge is 2.32. The van der Waals surface area contributed by atoms with E-state index in [-0.39, 0.29) is 18.3 Å². The van der Waals surface area contributed by atoms with Crippen molar-refractivity contribution in [3.8, 4) is 0 Å². The topological polar surface area (TPSA) is 68.0 Å². The van der Waals surface area contributed by atoms with Gasteiger partial charge < -0.3 is 9.67 Å². The minimum atomic E-state index is -0.0693. The van der Waals surface area contributed by atoms with Gasteiger partial charge in [0, 0.05) is 37.8 Å². The molecule has 30 heavy (non-hydrogen) atoms. The van der Waals surface area contributed by atoms with E-state index in [9.17, 15) is 9.90 Å². The number of carbonyl (C=O) groups is 1. The molecule has 3 rings (SSSR count). The van der Waals surface area contributed by atoms with Gasteiger partial charge in [0.1, 0.15) is 17.4 Å². The van der Waals surface area contributed by atoms with Crippen LogP contribution in [0.2, 0.25) is 0 Å². The van der Waals surface area contributed by atoms with Crippen LogP contribution in [0.15, 0.2) is 18.2 Å². The first-order chi connectivity index (χ1) is 14.4. The highest BCUT2D eigenvalue weighted by Crippen LogP contribution is 2.39. The Hall–Kier alpha value is -2.01. The fraction of sp³-hybridized carbons (Fsp3) is 0.640. The van der Waals surface area contributed by atoms with Crippen molar-refractivity contribution in [2.75, 3.05) is 6.61 Å². The maximum absolute atomic E-state index is 12.9. The molecule has 1 aromatic carbocycles. The molecule has 1 aliphatic carbocycles. The van der Waals surface area contributed by atoms with E-state index in [0.717, 1.165) is 48.5 Å². The van der Waals surface area contributed by atoms with Crippen molar-refractivity contribution in [1.29, 1.82) is 0 Å². The Balaban J connectivity index is 1.73. The highest BCUT2D eigenvalue weighted by atomic mass is 16.3. The predicted octanol–water partition coefficient (Wildman–Crippen LogP) is 4.88. The number of hydrogen-bond acceptors (Lipinski definition) is 4. The number of carbonyl (C=O) groups excluding carboxylic acids is 1. The molecule has 0 radical (unpaired) electrons. The van der Waals surface area contributed by atoms with Crippen LogP contribution in [0, 0.1) is 19.8 Å². The largest absolute Gasteiger partial charge is 0.396 e. The molecule has 5 nitrogen and oxygen atoms in total. The molecular formula is C25H37N3O2. The Morgan fingerprint density at radius 3 is 2.60 bits per heavy atom. The second-order valence-corrected chi connectivity index (χ2v) is 9.42. The number of aryl methyl sites for hydroxylation is 3. The van der Waals surface area contributed by atoms with Crippen LogP contribution in [0.25, 0.3) is 0 Å². The lowest BCUT2D eigenvalue weighted by Gasteiger charge is -2.18. The van der Waals surface area contributed by atoms with Gasteiger partial charge >= 0.3 is 0 Å². The summed E-state index contributed by atoms with van der Waals surface area (Å²) in [5.41, 5.74) is 3.46. The van der Waals surface area contributed by atoms with E-state index < -0.39 is 0 Å². The van der Waals surface area contributed by atoms with Gasteiger partial charge in [0.05, 0.1) is 0 Å². The number of aliphatic hydroxyl groups excluding tert-OH is 1. The van der Waals surface area contributed by atoms with Crippen LogP contribution in [0.4, 0.5) is 0 Å². The number of aliphatic hydroxyl groups is 1. The first-order valence-electron chi connectivity index (χ1n) is 11.5. The summed E-state index contributed by atoms with van der Waals surface area (Å²) in [6.45, 7) is 8.68. The third-order valence-corrected chi connectivity index (χ3v) is 6.09. The van der Waals surface area contributed by atoms with Crippen molar-refractivity contribution >= 4 is 5.78 Å². The summed E-state index contributed by atoms with van der Waals surface area (Å²) in [4.78, 5) is 12.9. The average molecular weight is 412 g/mol. The lowest BCUT2D eigenvalue weighted by atomic mass is 9.93. The van der Waals surface area contributed by atoms with Crippen LogP contribution in [-0.2, 0) is 17.6 Å². The summed E-state index contributed by atoms with van der Waals surface area (Å²) in [6, 6.07) is 6.72. The summed E-state index contributed by atoms with van der Waals surface area (Å²) < 4.78 is 2.30. The summed E-state index contributed by atoms with van der Waals surface area (Å²) in [7, 11) is 0. The second-order valence-electron chi connectivity index (χ2n) is 9.42. The number of ketones is 1. The molecule has 1 heterocycles. The van der Waals surface area contributed by atoms with E-state index >= 15 is 0 Å². The summed E-state index contributed by atoms with van der Waals surface area (Å²) in [6.07, 6.45) is 6.94. The summed E-state index contributed by atoms with van der Waals surface area (Å²) in [5.74, 6) is 2.78. The van der Waals surface area contributed by atoms with Gasteiger partial charge in [-0.2, -0.15) is 0 Å². The SMILES string of the molecule is Cc1ccc(CC(=O)C[C@H](CCO)c2nnc(CCCC(C)C)n2C2CC2)c(C)c1. The van der Waals surface area contributed by atoms with Gasteiger partial charge in [-0.1, -0.05) is 44.0 Å². The van der Waals surface area contributed by atoms with Crippen molar-refractivity contribution < 1.29 is 9.90 Å². The molecule has 1 saturated carbocycles. The first-order valence-corrected chi connectivity index (χ1v) is 11.5. The van der Waals surface area contributed by atoms with Crippen molar-refractivity contribution in [2.45, 2.75) is 91.0 Å². The molecule has 0 saturated heterocycles. The quantitative estimate of drug-likeness (QED) is 0.541. The van der Waals surface area contributed by atoms with Gasteiger partial charge in [0.2, 0.25) is 0 Å². The minimum absolute atomic E-state index is 0.0573. The van der Waals surface area contributed by atoms with Crippen molar-refractivity contribution in [1.82, 2.24) is 14.8 Å². The first kappa shape index (κ1) is 22.7. The number of aromatic nitrogens is 3. The molecular weight excluding hydrogens is 374 g/mol. The normalized spacial score (nSPS) is 15.0. The Bertz CT molecular complexity index is 852. The van der Waals surface area contributed by atoms with E-state index in [0.29, 0.717) is 31.2 Å². The third kappa shape index (κ3) is 6.00. The molecule has 0 aliphatic heterocycles. The Kier molecular flexibility index (Phi) is 7.81. The third-order valence-electron chi connectivity index (χ3n) is 6.09. The number of Topliss-reactive ketones (excluding diaryl/α,β-unsaturated/α-hetero) is 1. The van der Waals surface area contributed by atoms with Crippen molar-refractivity contribution in [2.24, 2.45) is 5.92 Å². The number of hydrogen-bond donors (Lipinski definition) is 1. The number of nitrogens with zero attached hydrogens (tertiary/aromatic N) is 3. The van der Waals surface area contributed by atoms with Gasteiger partial charge in [0.15, 0.2) is 0 Å². The van der Waals surface area contributed by atoms with Crippen molar-refractivity contribution in [3.05, 3.63) is 46.5 Å². The van der Waals surface area contributed by atoms with E-state index in [1.165, 1.54) is 12.0 Å². The predicted molar refractivity (Wildman–Crippen MR) is 120 cm³/mol. The molecule has 0 unspecified atom stereocenters. The molecule has 1 N–H and O–H groups in total. The molecule has 164 valence electrons. The number of benzene rings is 1. The molecule has 1 atom stereocenters. The van der Waals surface area contributed by atoms with Crippen LogP contribution in [0.3, 0.4) is 0 Å².